The Balaban J connectivity index is 0.935. The van der Waals surface area contributed by atoms with Gasteiger partial charge in [0, 0.05) is 38.4 Å². The summed E-state index contributed by atoms with van der Waals surface area (Å²) in [5.41, 5.74) is 21.7. The van der Waals surface area contributed by atoms with Gasteiger partial charge in [-0.15, -0.1) is 0 Å². The van der Waals surface area contributed by atoms with Crippen molar-refractivity contribution in [2.75, 3.05) is 0 Å². The third kappa shape index (κ3) is 4.27. The summed E-state index contributed by atoms with van der Waals surface area (Å²) in [4.78, 5) is 0. The topological polar surface area (TPSA) is 26.3 Å². The summed E-state index contributed by atoms with van der Waals surface area (Å²) in [5, 5.41) is 4.41. The normalized spacial score (nSPS) is 14.7. The SMILES string of the molecule is CC1(C)c2ccccc2-c2ccc3c(c21)C(C)(C)c1cc(-c2cccc(-c4ccc5oc6cc7oc8ccc(-c9ccccc9)cc8c7cc6c5c4)c2)ccc1-3. The van der Waals surface area contributed by atoms with Gasteiger partial charge in [-0.3, -0.25) is 0 Å². The molecule has 12 rings (SSSR count). The van der Waals surface area contributed by atoms with E-state index in [1.807, 2.05) is 0 Å². The molecule has 0 aliphatic heterocycles. The molecule has 0 fully saturated rings. The van der Waals surface area contributed by atoms with Gasteiger partial charge >= 0.3 is 0 Å². The van der Waals surface area contributed by atoms with E-state index in [4.69, 9.17) is 8.83 Å². The number of furan rings is 2. The molecule has 0 saturated heterocycles. The van der Waals surface area contributed by atoms with Crippen molar-refractivity contribution in [3.8, 4) is 55.6 Å². The van der Waals surface area contributed by atoms with Gasteiger partial charge in [0.2, 0.25) is 0 Å². The molecule has 2 aromatic heterocycles. The second-order valence-electron chi connectivity index (χ2n) is 16.9. The van der Waals surface area contributed by atoms with E-state index in [0.29, 0.717) is 0 Å². The maximum atomic E-state index is 6.42. The van der Waals surface area contributed by atoms with Gasteiger partial charge in [0.1, 0.15) is 22.3 Å². The Morgan fingerprint density at radius 3 is 1.43 bits per heavy atom. The first-order chi connectivity index (χ1) is 27.2. The van der Waals surface area contributed by atoms with E-state index >= 15 is 0 Å². The zero-order valence-electron chi connectivity index (χ0n) is 31.8. The van der Waals surface area contributed by atoms with Gasteiger partial charge in [-0.05, 0) is 120 Å². The molecular weight excluding hydrogens is 681 g/mol. The Hall–Kier alpha value is -6.64. The van der Waals surface area contributed by atoms with Crippen LogP contribution in [-0.4, -0.2) is 0 Å². The maximum absolute atomic E-state index is 6.42. The van der Waals surface area contributed by atoms with Crippen LogP contribution in [0.2, 0.25) is 0 Å². The van der Waals surface area contributed by atoms with Crippen molar-refractivity contribution in [2.24, 2.45) is 0 Å². The molecular formula is C54H38O2. The average Bonchev–Trinajstić information content (AvgIpc) is 3.91. The van der Waals surface area contributed by atoms with Crippen LogP contribution >= 0.6 is 0 Å². The van der Waals surface area contributed by atoms with Crippen molar-refractivity contribution in [3.63, 3.8) is 0 Å². The van der Waals surface area contributed by atoms with Crippen molar-refractivity contribution in [1.82, 2.24) is 0 Å². The molecule has 56 heavy (non-hydrogen) atoms. The zero-order chi connectivity index (χ0) is 37.5. The molecule has 0 radical (unpaired) electrons. The minimum absolute atomic E-state index is 0.0562. The lowest BCUT2D eigenvalue weighted by Gasteiger charge is -2.30. The van der Waals surface area contributed by atoms with Gasteiger partial charge in [-0.2, -0.15) is 0 Å². The summed E-state index contributed by atoms with van der Waals surface area (Å²) in [5.74, 6) is 0. The molecule has 2 aliphatic carbocycles. The molecule has 0 unspecified atom stereocenters. The molecule has 266 valence electrons. The lowest BCUT2D eigenvalue weighted by atomic mass is 9.72. The van der Waals surface area contributed by atoms with Gasteiger partial charge in [0.15, 0.2) is 0 Å². The molecule has 2 aliphatic rings. The minimum Gasteiger partial charge on any atom is -0.456 e. The highest BCUT2D eigenvalue weighted by molar-refractivity contribution is 6.16. The molecule has 8 aromatic carbocycles. The molecule has 2 heteroatoms. The van der Waals surface area contributed by atoms with Crippen LogP contribution in [0.4, 0.5) is 0 Å². The lowest BCUT2D eigenvalue weighted by Crippen LogP contribution is -2.24. The fourth-order valence-electron chi connectivity index (χ4n) is 10.3. The fourth-order valence-corrected chi connectivity index (χ4v) is 10.3. The first-order valence-electron chi connectivity index (χ1n) is 19.7. The van der Waals surface area contributed by atoms with Gasteiger partial charge < -0.3 is 8.83 Å². The monoisotopic (exact) mass is 718 g/mol. The van der Waals surface area contributed by atoms with Crippen LogP contribution < -0.4 is 0 Å². The van der Waals surface area contributed by atoms with Crippen molar-refractivity contribution < 1.29 is 8.83 Å². The average molecular weight is 719 g/mol. The van der Waals surface area contributed by atoms with Crippen molar-refractivity contribution in [2.45, 2.75) is 38.5 Å². The predicted molar refractivity (Wildman–Crippen MR) is 232 cm³/mol. The van der Waals surface area contributed by atoms with E-state index in [0.717, 1.165) is 49.4 Å². The first kappa shape index (κ1) is 31.7. The number of rotatable bonds is 3. The van der Waals surface area contributed by atoms with Crippen LogP contribution in [0, 0.1) is 0 Å². The Kier molecular flexibility index (Phi) is 6.22. The van der Waals surface area contributed by atoms with Crippen LogP contribution in [0.1, 0.15) is 49.9 Å². The molecule has 0 N–H and O–H groups in total. The van der Waals surface area contributed by atoms with Crippen LogP contribution in [0.15, 0.2) is 167 Å². The fraction of sp³-hybridized carbons (Fsp3) is 0.111. The van der Waals surface area contributed by atoms with Gasteiger partial charge in [-0.25, -0.2) is 0 Å². The van der Waals surface area contributed by atoms with E-state index in [1.165, 1.54) is 72.3 Å². The first-order valence-corrected chi connectivity index (χ1v) is 19.7. The van der Waals surface area contributed by atoms with E-state index in [9.17, 15) is 0 Å². The predicted octanol–water partition coefficient (Wildman–Crippen LogP) is 15.1. The van der Waals surface area contributed by atoms with Gasteiger partial charge in [0.05, 0.1) is 0 Å². The van der Waals surface area contributed by atoms with E-state index in [-0.39, 0.29) is 10.8 Å². The summed E-state index contributed by atoms with van der Waals surface area (Å²) in [6, 6.07) is 57.7. The van der Waals surface area contributed by atoms with Crippen molar-refractivity contribution in [3.05, 3.63) is 180 Å². The van der Waals surface area contributed by atoms with Crippen LogP contribution in [-0.2, 0) is 10.8 Å². The highest BCUT2D eigenvalue weighted by Crippen LogP contribution is 2.59. The highest BCUT2D eigenvalue weighted by atomic mass is 16.3. The van der Waals surface area contributed by atoms with E-state index in [2.05, 4.69) is 185 Å². The number of fused-ring (bicyclic) bond motifs is 13. The Bertz CT molecular complexity index is 3300. The number of benzene rings is 8. The summed E-state index contributed by atoms with van der Waals surface area (Å²) in [6.45, 7) is 9.65. The molecule has 2 nitrogen and oxygen atoms in total. The van der Waals surface area contributed by atoms with Crippen molar-refractivity contribution >= 4 is 43.9 Å². The van der Waals surface area contributed by atoms with Crippen LogP contribution in [0.3, 0.4) is 0 Å². The van der Waals surface area contributed by atoms with Gasteiger partial charge in [-0.1, -0.05) is 137 Å². The summed E-state index contributed by atoms with van der Waals surface area (Å²) in [6.07, 6.45) is 0. The highest BCUT2D eigenvalue weighted by Gasteiger charge is 2.45. The summed E-state index contributed by atoms with van der Waals surface area (Å²) < 4.78 is 12.8. The summed E-state index contributed by atoms with van der Waals surface area (Å²) >= 11 is 0. The molecule has 0 spiro atoms. The maximum Gasteiger partial charge on any atom is 0.139 e. The van der Waals surface area contributed by atoms with E-state index < -0.39 is 0 Å². The molecule has 0 bridgehead atoms. The van der Waals surface area contributed by atoms with Gasteiger partial charge in [0.25, 0.3) is 0 Å². The largest absolute Gasteiger partial charge is 0.456 e. The lowest BCUT2D eigenvalue weighted by molar-refractivity contribution is 0.601. The molecule has 2 heterocycles. The zero-order valence-corrected chi connectivity index (χ0v) is 31.8. The standard InChI is InChI=1S/C54H38O2/c1-53(2)45-16-9-8-15-37(45)39-21-22-40-38-20-17-36(28-46(38)54(3,4)52(40)51(39)53)33-14-10-13-32(25-33)35-19-24-48-42(27-35)44-29-43-41-26-34(31-11-6-5-7-12-31)18-23-47(41)55-49(43)30-50(44)56-48/h5-30H,1-4H3. The Morgan fingerprint density at radius 1 is 0.304 bits per heavy atom. The second-order valence-corrected chi connectivity index (χ2v) is 16.9. The molecule has 0 amide bonds. The number of hydrogen-bond acceptors (Lipinski definition) is 2. The molecule has 10 aromatic rings. The minimum atomic E-state index is -0.134. The third-order valence-corrected chi connectivity index (χ3v) is 13.0. The van der Waals surface area contributed by atoms with Crippen LogP contribution in [0.5, 0.6) is 0 Å². The second kappa shape index (κ2) is 11.0. The Labute approximate surface area is 325 Å². The summed E-state index contributed by atoms with van der Waals surface area (Å²) in [7, 11) is 0. The number of hydrogen-bond donors (Lipinski definition) is 0. The Morgan fingerprint density at radius 2 is 0.768 bits per heavy atom. The smallest absolute Gasteiger partial charge is 0.139 e. The van der Waals surface area contributed by atoms with E-state index in [1.54, 1.807) is 0 Å². The quantitative estimate of drug-likeness (QED) is 0.182. The third-order valence-electron chi connectivity index (χ3n) is 13.0. The molecule has 0 atom stereocenters. The van der Waals surface area contributed by atoms with Crippen molar-refractivity contribution in [1.29, 1.82) is 0 Å². The van der Waals surface area contributed by atoms with Crippen LogP contribution in [0.25, 0.3) is 99.5 Å². The molecule has 0 saturated carbocycles.